The number of aromatic nitrogens is 2. The summed E-state index contributed by atoms with van der Waals surface area (Å²) in [5.41, 5.74) is 1.40. The molecule has 0 spiro atoms. The minimum absolute atomic E-state index is 0.238. The molecule has 13 heavy (non-hydrogen) atoms. The average molecular weight is 180 g/mol. The van der Waals surface area contributed by atoms with E-state index in [1.165, 1.54) is 6.07 Å². The largest absolute Gasteiger partial charge is 0.275 e. The van der Waals surface area contributed by atoms with E-state index >= 15 is 0 Å². The third-order valence-electron chi connectivity index (χ3n) is 1.65. The number of hydrogen-bond acceptors (Lipinski definition) is 1. The van der Waals surface area contributed by atoms with Crippen molar-refractivity contribution >= 4 is 10.9 Å². The van der Waals surface area contributed by atoms with Crippen LogP contribution in [-0.4, -0.2) is 10.2 Å². The number of aromatic amines is 1. The molecule has 1 heterocycles. The molecule has 0 saturated heterocycles. The van der Waals surface area contributed by atoms with Gasteiger partial charge >= 0.3 is 0 Å². The molecule has 2 nitrogen and oxygen atoms in total. The second-order valence-electron chi connectivity index (χ2n) is 2.58. The number of nitrogens with one attached hydrogen (secondary N) is 1. The molecule has 0 fully saturated rings. The van der Waals surface area contributed by atoms with Gasteiger partial charge < -0.3 is 0 Å². The van der Waals surface area contributed by atoms with Crippen molar-refractivity contribution in [2.24, 2.45) is 0 Å². The third kappa shape index (κ3) is 1.86. The molecule has 0 unspecified atom stereocenters. The van der Waals surface area contributed by atoms with Gasteiger partial charge in [-0.15, -0.1) is 0 Å². The molecule has 3 heteroatoms. The van der Waals surface area contributed by atoms with Crippen molar-refractivity contribution in [1.29, 1.82) is 0 Å². The first kappa shape index (κ1) is 9.71. The Morgan fingerprint density at radius 2 is 2.00 bits per heavy atom. The highest BCUT2D eigenvalue weighted by Gasteiger charge is 2.01. The van der Waals surface area contributed by atoms with Gasteiger partial charge in [0, 0.05) is 5.39 Å². The van der Waals surface area contributed by atoms with Crippen molar-refractivity contribution in [2.45, 2.75) is 20.8 Å². The molecule has 0 aliphatic rings. The predicted molar refractivity (Wildman–Crippen MR) is 52.1 cm³/mol. The van der Waals surface area contributed by atoms with Gasteiger partial charge in [0.1, 0.15) is 11.3 Å². The zero-order valence-corrected chi connectivity index (χ0v) is 8.06. The molecule has 1 N–H and O–H groups in total. The van der Waals surface area contributed by atoms with Gasteiger partial charge in [-0.05, 0) is 24.6 Å². The lowest BCUT2D eigenvalue weighted by Crippen LogP contribution is -1.79. The minimum Gasteiger partial charge on any atom is -0.275 e. The SMILES string of the molecule is CC.Cc1cc(F)c2[nH]ncc2c1. The monoisotopic (exact) mass is 180 g/mol. The van der Waals surface area contributed by atoms with Crippen LogP contribution >= 0.6 is 0 Å². The lowest BCUT2D eigenvalue weighted by Gasteiger charge is -1.93. The average Bonchev–Trinajstić information content (AvgIpc) is 2.55. The molecule has 0 aliphatic heterocycles. The van der Waals surface area contributed by atoms with Crippen molar-refractivity contribution in [3.05, 3.63) is 29.7 Å². The van der Waals surface area contributed by atoms with E-state index in [9.17, 15) is 4.39 Å². The van der Waals surface area contributed by atoms with Crippen LogP contribution in [0.1, 0.15) is 19.4 Å². The van der Waals surface area contributed by atoms with Crippen LogP contribution in [0.5, 0.6) is 0 Å². The molecule has 0 aliphatic carbocycles. The Morgan fingerprint density at radius 1 is 1.31 bits per heavy atom. The summed E-state index contributed by atoms with van der Waals surface area (Å²) in [4.78, 5) is 0. The lowest BCUT2D eigenvalue weighted by molar-refractivity contribution is 0.635. The summed E-state index contributed by atoms with van der Waals surface area (Å²) < 4.78 is 13.0. The lowest BCUT2D eigenvalue weighted by atomic mass is 10.2. The van der Waals surface area contributed by atoms with Gasteiger partial charge in [0.15, 0.2) is 0 Å². The molecule has 0 saturated carbocycles. The summed E-state index contributed by atoms with van der Waals surface area (Å²) in [6.45, 7) is 5.86. The van der Waals surface area contributed by atoms with Gasteiger partial charge in [-0.3, -0.25) is 5.10 Å². The van der Waals surface area contributed by atoms with E-state index in [0.717, 1.165) is 10.9 Å². The van der Waals surface area contributed by atoms with Crippen molar-refractivity contribution in [3.8, 4) is 0 Å². The zero-order valence-electron chi connectivity index (χ0n) is 8.06. The number of benzene rings is 1. The third-order valence-corrected chi connectivity index (χ3v) is 1.65. The second-order valence-corrected chi connectivity index (χ2v) is 2.58. The van der Waals surface area contributed by atoms with Crippen molar-refractivity contribution < 1.29 is 4.39 Å². The number of halogens is 1. The van der Waals surface area contributed by atoms with Gasteiger partial charge in [-0.1, -0.05) is 13.8 Å². The van der Waals surface area contributed by atoms with Crippen LogP contribution in [0.3, 0.4) is 0 Å². The summed E-state index contributed by atoms with van der Waals surface area (Å²) in [5, 5.41) is 7.15. The van der Waals surface area contributed by atoms with Crippen LogP contribution in [0.15, 0.2) is 18.3 Å². The normalized spacial score (nSPS) is 9.54. The van der Waals surface area contributed by atoms with Gasteiger partial charge in [0.25, 0.3) is 0 Å². The van der Waals surface area contributed by atoms with E-state index in [-0.39, 0.29) is 5.82 Å². The highest BCUT2D eigenvalue weighted by atomic mass is 19.1. The maximum Gasteiger partial charge on any atom is 0.149 e. The van der Waals surface area contributed by atoms with Crippen LogP contribution < -0.4 is 0 Å². The van der Waals surface area contributed by atoms with E-state index in [4.69, 9.17) is 0 Å². The van der Waals surface area contributed by atoms with Crippen molar-refractivity contribution in [1.82, 2.24) is 10.2 Å². The highest BCUT2D eigenvalue weighted by Crippen LogP contribution is 2.16. The van der Waals surface area contributed by atoms with E-state index in [1.807, 2.05) is 26.8 Å². The summed E-state index contributed by atoms with van der Waals surface area (Å²) in [5.74, 6) is -0.238. The first-order valence-electron chi connectivity index (χ1n) is 4.36. The Balaban J connectivity index is 0.000000396. The van der Waals surface area contributed by atoms with E-state index in [2.05, 4.69) is 10.2 Å². The van der Waals surface area contributed by atoms with Crippen LogP contribution in [0.25, 0.3) is 10.9 Å². The second kappa shape index (κ2) is 4.03. The Bertz CT molecular complexity index is 393. The van der Waals surface area contributed by atoms with E-state index in [1.54, 1.807) is 6.20 Å². The first-order valence-corrected chi connectivity index (χ1v) is 4.36. The first-order chi connectivity index (χ1) is 6.27. The van der Waals surface area contributed by atoms with Gasteiger partial charge in [0.2, 0.25) is 0 Å². The molecule has 0 bridgehead atoms. The predicted octanol–water partition coefficient (Wildman–Crippen LogP) is 3.04. The molecule has 0 radical (unpaired) electrons. The van der Waals surface area contributed by atoms with Gasteiger partial charge in [-0.25, -0.2) is 4.39 Å². The number of rotatable bonds is 0. The molecular formula is C10H13FN2. The topological polar surface area (TPSA) is 28.7 Å². The Hall–Kier alpha value is -1.38. The highest BCUT2D eigenvalue weighted by molar-refractivity contribution is 5.79. The van der Waals surface area contributed by atoms with Gasteiger partial charge in [-0.2, -0.15) is 5.10 Å². The van der Waals surface area contributed by atoms with Crippen LogP contribution in [-0.2, 0) is 0 Å². The summed E-state index contributed by atoms with van der Waals surface area (Å²) in [7, 11) is 0. The van der Waals surface area contributed by atoms with Crippen LogP contribution in [0.2, 0.25) is 0 Å². The molecule has 0 amide bonds. The quantitative estimate of drug-likeness (QED) is 0.663. The number of aryl methyl sites for hydroxylation is 1. The number of hydrogen-bond donors (Lipinski definition) is 1. The molecule has 70 valence electrons. The molecule has 1 aromatic heterocycles. The van der Waals surface area contributed by atoms with Gasteiger partial charge in [0.05, 0.1) is 6.20 Å². The van der Waals surface area contributed by atoms with E-state index in [0.29, 0.717) is 5.52 Å². The smallest absolute Gasteiger partial charge is 0.149 e. The van der Waals surface area contributed by atoms with Crippen LogP contribution in [0, 0.1) is 12.7 Å². The maximum atomic E-state index is 13.0. The number of fused-ring (bicyclic) bond motifs is 1. The molecule has 2 aromatic rings. The Morgan fingerprint density at radius 3 is 2.69 bits per heavy atom. The molecular weight excluding hydrogens is 167 g/mol. The summed E-state index contributed by atoms with van der Waals surface area (Å²) in [6, 6.07) is 3.38. The number of nitrogens with zero attached hydrogens (tertiary/aromatic N) is 1. The summed E-state index contributed by atoms with van der Waals surface area (Å²) >= 11 is 0. The molecule has 0 atom stereocenters. The summed E-state index contributed by atoms with van der Waals surface area (Å²) in [6.07, 6.45) is 1.62. The fourth-order valence-corrected chi connectivity index (χ4v) is 1.16. The van der Waals surface area contributed by atoms with Crippen molar-refractivity contribution in [2.75, 3.05) is 0 Å². The fraction of sp³-hybridized carbons (Fsp3) is 0.300. The van der Waals surface area contributed by atoms with Crippen molar-refractivity contribution in [3.63, 3.8) is 0 Å². The zero-order chi connectivity index (χ0) is 9.84. The Kier molecular flexibility index (Phi) is 3.01. The molecule has 2 rings (SSSR count). The maximum absolute atomic E-state index is 13.0. The Labute approximate surface area is 76.8 Å². The number of H-pyrrole nitrogens is 1. The molecule has 1 aromatic carbocycles. The standard InChI is InChI=1S/C8H7FN2.C2H6/c1-5-2-6-4-10-11-8(6)7(9)3-5;1-2/h2-4H,1H3,(H,10,11);1-2H3. The van der Waals surface area contributed by atoms with E-state index < -0.39 is 0 Å². The van der Waals surface area contributed by atoms with Crippen LogP contribution in [0.4, 0.5) is 4.39 Å². The fourth-order valence-electron chi connectivity index (χ4n) is 1.16. The minimum atomic E-state index is -0.238.